The summed E-state index contributed by atoms with van der Waals surface area (Å²) in [6.45, 7) is 4.59. The average molecular weight is 563 g/mol. The fourth-order valence-electron chi connectivity index (χ4n) is 5.71. The van der Waals surface area contributed by atoms with E-state index in [4.69, 9.17) is 0 Å². The second-order valence-corrected chi connectivity index (χ2v) is 10.8. The van der Waals surface area contributed by atoms with Gasteiger partial charge in [-0.05, 0) is 61.2 Å². The van der Waals surface area contributed by atoms with Gasteiger partial charge in [-0.15, -0.1) is 0 Å². The molecule has 2 aromatic rings. The molecule has 4 rings (SSSR count). The molecule has 0 spiro atoms. The highest BCUT2D eigenvalue weighted by atomic mass is 19.4. The summed E-state index contributed by atoms with van der Waals surface area (Å²) in [6, 6.07) is 8.37. The van der Waals surface area contributed by atoms with E-state index < -0.39 is 29.6 Å². The molecule has 2 aromatic carbocycles. The number of urea groups is 1. The zero-order valence-corrected chi connectivity index (χ0v) is 23.0. The molecular formula is C29H34F4N4O3. The summed E-state index contributed by atoms with van der Waals surface area (Å²) in [7, 11) is 2.99. The summed E-state index contributed by atoms with van der Waals surface area (Å²) < 4.78 is 54.0. The minimum atomic E-state index is -4.56. The van der Waals surface area contributed by atoms with Gasteiger partial charge in [-0.25, -0.2) is 9.18 Å². The summed E-state index contributed by atoms with van der Waals surface area (Å²) in [5.41, 5.74) is 0.378. The van der Waals surface area contributed by atoms with Crippen molar-refractivity contribution in [2.75, 3.05) is 45.2 Å². The number of likely N-dealkylation sites (tertiary alicyclic amines) is 2. The van der Waals surface area contributed by atoms with Crippen LogP contribution in [-0.2, 0) is 15.8 Å². The van der Waals surface area contributed by atoms with Crippen molar-refractivity contribution in [3.05, 3.63) is 65.0 Å². The third-order valence-electron chi connectivity index (χ3n) is 8.05. The highest BCUT2D eigenvalue weighted by Crippen LogP contribution is 2.35. The van der Waals surface area contributed by atoms with Crippen LogP contribution in [0, 0.1) is 18.7 Å². The van der Waals surface area contributed by atoms with Gasteiger partial charge >= 0.3 is 12.2 Å². The first-order chi connectivity index (χ1) is 18.8. The number of alkyl halides is 3. The molecule has 2 aliphatic heterocycles. The predicted octanol–water partition coefficient (Wildman–Crippen LogP) is 4.89. The molecule has 2 atom stereocenters. The fraction of sp³-hybridized carbons (Fsp3) is 0.483. The van der Waals surface area contributed by atoms with Crippen molar-refractivity contribution < 1.29 is 31.9 Å². The largest absolute Gasteiger partial charge is 0.416 e. The lowest BCUT2D eigenvalue weighted by molar-refractivity contribution is -0.139. The maximum absolute atomic E-state index is 13.7. The molecule has 0 bridgehead atoms. The highest BCUT2D eigenvalue weighted by molar-refractivity contribution is 5.92. The van der Waals surface area contributed by atoms with Crippen molar-refractivity contribution in [1.29, 1.82) is 0 Å². The Kier molecular flexibility index (Phi) is 8.41. The van der Waals surface area contributed by atoms with E-state index in [0.29, 0.717) is 38.0 Å². The summed E-state index contributed by atoms with van der Waals surface area (Å²) in [5, 5.41) is 0. The molecule has 40 heavy (non-hydrogen) atoms. The third-order valence-corrected chi connectivity index (χ3v) is 8.05. The van der Waals surface area contributed by atoms with Gasteiger partial charge in [0, 0.05) is 64.7 Å². The van der Waals surface area contributed by atoms with Crippen molar-refractivity contribution in [2.24, 2.45) is 5.92 Å². The van der Waals surface area contributed by atoms with Crippen LogP contribution >= 0.6 is 0 Å². The van der Waals surface area contributed by atoms with Gasteiger partial charge in [-0.3, -0.25) is 14.5 Å². The number of hydrogen-bond donors (Lipinski definition) is 0. The Morgan fingerprint density at radius 3 is 2.12 bits per heavy atom. The van der Waals surface area contributed by atoms with Gasteiger partial charge < -0.3 is 14.7 Å². The lowest BCUT2D eigenvalue weighted by atomic mass is 9.93. The van der Waals surface area contributed by atoms with Crippen LogP contribution in [0.2, 0.25) is 0 Å². The van der Waals surface area contributed by atoms with E-state index in [1.165, 1.54) is 48.9 Å². The average Bonchev–Trinajstić information content (AvgIpc) is 3.36. The van der Waals surface area contributed by atoms with Gasteiger partial charge in [0.2, 0.25) is 11.8 Å². The Hall–Kier alpha value is -3.63. The van der Waals surface area contributed by atoms with Gasteiger partial charge in [0.25, 0.3) is 0 Å². The summed E-state index contributed by atoms with van der Waals surface area (Å²) in [6.07, 6.45) is -3.46. The molecule has 0 saturated carbocycles. The highest BCUT2D eigenvalue weighted by Gasteiger charge is 2.43. The minimum absolute atomic E-state index is 0.0243. The van der Waals surface area contributed by atoms with Gasteiger partial charge in [-0.2, -0.15) is 13.2 Å². The lowest BCUT2D eigenvalue weighted by Gasteiger charge is -2.33. The molecule has 0 aromatic heterocycles. The number of carbonyl (C=O) groups excluding carboxylic acids is 3. The third kappa shape index (κ3) is 6.23. The molecule has 2 saturated heterocycles. The Balaban J connectivity index is 1.57. The maximum Gasteiger partial charge on any atom is 0.416 e. The van der Waals surface area contributed by atoms with Crippen molar-refractivity contribution in [1.82, 2.24) is 14.7 Å². The Labute approximate surface area is 231 Å². The first-order valence-corrected chi connectivity index (χ1v) is 13.3. The number of aryl methyl sites for hydroxylation is 1. The first kappa shape index (κ1) is 29.4. The molecule has 4 amide bonds. The van der Waals surface area contributed by atoms with Crippen LogP contribution in [0.4, 0.5) is 28.0 Å². The van der Waals surface area contributed by atoms with E-state index in [2.05, 4.69) is 0 Å². The van der Waals surface area contributed by atoms with Crippen molar-refractivity contribution in [3.63, 3.8) is 0 Å². The smallest absolute Gasteiger partial charge is 0.343 e. The van der Waals surface area contributed by atoms with Crippen LogP contribution in [0.5, 0.6) is 0 Å². The summed E-state index contributed by atoms with van der Waals surface area (Å²) >= 11 is 0. The second kappa shape index (κ2) is 11.5. The second-order valence-electron chi connectivity index (χ2n) is 10.8. The molecular weight excluding hydrogens is 528 g/mol. The van der Waals surface area contributed by atoms with Crippen LogP contribution in [-0.4, -0.2) is 78.9 Å². The van der Waals surface area contributed by atoms with E-state index in [1.807, 2.05) is 0 Å². The fourth-order valence-corrected chi connectivity index (χ4v) is 5.71. The van der Waals surface area contributed by atoms with Crippen LogP contribution < -0.4 is 4.90 Å². The standard InChI is InChI=1S/C29H34F4N4O3/c1-18-13-22(29(31,32)33)15-24(14-18)34(3)28(40)35(4)26-17-37(16-25(26)20-5-7-23(30)8-6-20)27(39)21-9-11-36(12-10-21)19(2)38/h5-8,13-15,21,25-26H,9-12,16-17H2,1-4H3/t25-,26+/m0/s1. The molecule has 2 aliphatic rings. The van der Waals surface area contributed by atoms with E-state index in [1.54, 1.807) is 29.0 Å². The predicted molar refractivity (Wildman–Crippen MR) is 142 cm³/mol. The number of amides is 4. The molecule has 0 N–H and O–H groups in total. The Morgan fingerprint density at radius 2 is 1.55 bits per heavy atom. The molecule has 0 aliphatic carbocycles. The Morgan fingerprint density at radius 1 is 0.925 bits per heavy atom. The number of carbonyl (C=O) groups is 3. The normalized spacial score (nSPS) is 20.0. The van der Waals surface area contributed by atoms with Gasteiger partial charge in [0.15, 0.2) is 0 Å². The number of piperidine rings is 1. The molecule has 7 nitrogen and oxygen atoms in total. The summed E-state index contributed by atoms with van der Waals surface area (Å²) in [4.78, 5) is 44.8. The number of halogens is 4. The molecule has 0 radical (unpaired) electrons. The molecule has 2 heterocycles. The number of rotatable bonds is 4. The van der Waals surface area contributed by atoms with Crippen molar-refractivity contribution in [2.45, 2.75) is 44.8 Å². The number of hydrogen-bond acceptors (Lipinski definition) is 3. The van der Waals surface area contributed by atoms with Crippen LogP contribution in [0.25, 0.3) is 0 Å². The zero-order chi connectivity index (χ0) is 29.4. The monoisotopic (exact) mass is 562 g/mol. The number of likely N-dealkylation sites (N-methyl/N-ethyl adjacent to an activating group) is 1. The van der Waals surface area contributed by atoms with E-state index in [9.17, 15) is 31.9 Å². The lowest BCUT2D eigenvalue weighted by Crippen LogP contribution is -2.48. The molecule has 216 valence electrons. The van der Waals surface area contributed by atoms with Crippen LogP contribution in [0.15, 0.2) is 42.5 Å². The minimum Gasteiger partial charge on any atom is -0.343 e. The molecule has 2 fully saturated rings. The summed E-state index contributed by atoms with van der Waals surface area (Å²) in [5.74, 6) is -1.07. The van der Waals surface area contributed by atoms with Gasteiger partial charge in [-0.1, -0.05) is 12.1 Å². The van der Waals surface area contributed by atoms with E-state index in [-0.39, 0.29) is 35.9 Å². The number of anilines is 1. The van der Waals surface area contributed by atoms with E-state index >= 15 is 0 Å². The van der Waals surface area contributed by atoms with Gasteiger partial charge in [0.1, 0.15) is 5.82 Å². The van der Waals surface area contributed by atoms with Gasteiger partial charge in [0.05, 0.1) is 11.6 Å². The van der Waals surface area contributed by atoms with Crippen molar-refractivity contribution in [3.8, 4) is 0 Å². The first-order valence-electron chi connectivity index (χ1n) is 13.3. The maximum atomic E-state index is 13.7. The quantitative estimate of drug-likeness (QED) is 0.499. The van der Waals surface area contributed by atoms with E-state index in [0.717, 1.165) is 17.7 Å². The molecule has 11 heteroatoms. The zero-order valence-electron chi connectivity index (χ0n) is 23.0. The number of nitrogens with zero attached hydrogens (tertiary/aromatic N) is 4. The number of benzene rings is 2. The van der Waals surface area contributed by atoms with Crippen LogP contribution in [0.1, 0.15) is 42.4 Å². The van der Waals surface area contributed by atoms with Crippen molar-refractivity contribution >= 4 is 23.5 Å². The molecule has 0 unspecified atom stereocenters. The SMILES string of the molecule is CC(=O)N1CCC(C(=O)N2C[C@@H](N(C)C(=O)N(C)c3cc(C)cc(C(F)(F)F)c3)[C@H](c3ccc(F)cc3)C2)CC1. The Bertz CT molecular complexity index is 1260. The van der Waals surface area contributed by atoms with Crippen LogP contribution in [0.3, 0.4) is 0 Å². The topological polar surface area (TPSA) is 64.2 Å².